The van der Waals surface area contributed by atoms with Crippen molar-refractivity contribution in [2.45, 2.75) is 18.3 Å². The molecule has 1 aliphatic rings. The van der Waals surface area contributed by atoms with Crippen LogP contribution in [0.25, 0.3) is 0 Å². The zero-order valence-corrected chi connectivity index (χ0v) is 12.9. The largest absolute Gasteiger partial charge is 0.330 e. The Balaban J connectivity index is 2.17. The number of piperidine rings is 1. The molecule has 1 fully saturated rings. The molecule has 112 valence electrons. The third-order valence-electron chi connectivity index (χ3n) is 4.24. The van der Waals surface area contributed by atoms with Crippen molar-refractivity contribution in [1.82, 2.24) is 8.61 Å². The molecule has 0 saturated carbocycles. The van der Waals surface area contributed by atoms with Gasteiger partial charge in [0.15, 0.2) is 0 Å². The fraction of sp³-hybridized carbons (Fsp3) is 0.571. The van der Waals surface area contributed by atoms with E-state index in [2.05, 4.69) is 12.1 Å². The second-order valence-corrected chi connectivity index (χ2v) is 7.68. The summed E-state index contributed by atoms with van der Waals surface area (Å²) in [7, 11) is -0.181. The van der Waals surface area contributed by atoms with Gasteiger partial charge in [-0.15, -0.1) is 0 Å². The van der Waals surface area contributed by atoms with Crippen molar-refractivity contribution in [1.29, 1.82) is 0 Å². The first-order chi connectivity index (χ1) is 9.42. The Morgan fingerprint density at radius 2 is 1.75 bits per heavy atom. The molecule has 0 amide bonds. The van der Waals surface area contributed by atoms with E-state index >= 15 is 0 Å². The van der Waals surface area contributed by atoms with Crippen LogP contribution >= 0.6 is 0 Å². The molecule has 1 aromatic carbocycles. The standard InChI is InChI=1S/C14H23N3O2S/c1-16(2)20(18,19)17-10-8-14(12-15,9-11-17)13-6-4-3-5-7-13/h3-7H,8-12,15H2,1-2H3. The van der Waals surface area contributed by atoms with Crippen LogP contribution in [0.3, 0.4) is 0 Å². The molecule has 1 saturated heterocycles. The van der Waals surface area contributed by atoms with Gasteiger partial charge in [-0.25, -0.2) is 0 Å². The van der Waals surface area contributed by atoms with Gasteiger partial charge in [0.2, 0.25) is 0 Å². The van der Waals surface area contributed by atoms with Crippen LogP contribution in [0.2, 0.25) is 0 Å². The van der Waals surface area contributed by atoms with Crippen LogP contribution in [0.15, 0.2) is 30.3 Å². The number of rotatable bonds is 4. The molecule has 0 aromatic heterocycles. The van der Waals surface area contributed by atoms with E-state index in [0.717, 1.165) is 12.8 Å². The normalized spacial score (nSPS) is 20.2. The molecule has 1 heterocycles. The summed E-state index contributed by atoms with van der Waals surface area (Å²) in [5.41, 5.74) is 7.12. The molecule has 1 aromatic rings. The van der Waals surface area contributed by atoms with Gasteiger partial charge in [-0.05, 0) is 18.4 Å². The quantitative estimate of drug-likeness (QED) is 0.893. The molecule has 0 radical (unpaired) electrons. The minimum absolute atomic E-state index is 0.0976. The molecule has 6 heteroatoms. The average Bonchev–Trinajstić information content (AvgIpc) is 2.48. The van der Waals surface area contributed by atoms with Gasteiger partial charge in [0.1, 0.15) is 0 Å². The van der Waals surface area contributed by atoms with Crippen LogP contribution in [0.4, 0.5) is 0 Å². The van der Waals surface area contributed by atoms with Crippen LogP contribution in [-0.4, -0.2) is 50.8 Å². The van der Waals surface area contributed by atoms with Crippen molar-refractivity contribution in [3.8, 4) is 0 Å². The summed E-state index contributed by atoms with van der Waals surface area (Å²) >= 11 is 0. The monoisotopic (exact) mass is 297 g/mol. The van der Waals surface area contributed by atoms with Crippen LogP contribution in [0.1, 0.15) is 18.4 Å². The zero-order valence-electron chi connectivity index (χ0n) is 12.1. The summed E-state index contributed by atoms with van der Waals surface area (Å²) in [6.07, 6.45) is 1.53. The van der Waals surface area contributed by atoms with E-state index in [4.69, 9.17) is 5.73 Å². The number of hydrogen-bond acceptors (Lipinski definition) is 3. The summed E-state index contributed by atoms with van der Waals surface area (Å²) in [6, 6.07) is 10.2. The zero-order chi connectivity index (χ0) is 14.8. The van der Waals surface area contributed by atoms with Gasteiger partial charge in [-0.1, -0.05) is 30.3 Å². The molecule has 20 heavy (non-hydrogen) atoms. The molecule has 0 unspecified atom stereocenters. The topological polar surface area (TPSA) is 66.6 Å². The van der Waals surface area contributed by atoms with Gasteiger partial charge < -0.3 is 5.73 Å². The molecule has 5 nitrogen and oxygen atoms in total. The van der Waals surface area contributed by atoms with Crippen LogP contribution in [0, 0.1) is 0 Å². The van der Waals surface area contributed by atoms with Gasteiger partial charge in [0, 0.05) is 39.1 Å². The highest BCUT2D eigenvalue weighted by molar-refractivity contribution is 7.86. The lowest BCUT2D eigenvalue weighted by Gasteiger charge is -2.41. The first-order valence-corrected chi connectivity index (χ1v) is 8.25. The maximum atomic E-state index is 12.1. The molecule has 1 aliphatic heterocycles. The average molecular weight is 297 g/mol. The van der Waals surface area contributed by atoms with Gasteiger partial charge in [0.05, 0.1) is 0 Å². The van der Waals surface area contributed by atoms with E-state index in [0.29, 0.717) is 19.6 Å². The summed E-state index contributed by atoms with van der Waals surface area (Å²) in [5, 5.41) is 0. The minimum atomic E-state index is -3.31. The van der Waals surface area contributed by atoms with E-state index in [-0.39, 0.29) is 5.41 Å². The molecule has 0 atom stereocenters. The fourth-order valence-corrected chi connectivity index (χ4v) is 3.88. The van der Waals surface area contributed by atoms with Crippen LogP contribution in [0.5, 0.6) is 0 Å². The Labute approximate surface area is 121 Å². The summed E-state index contributed by atoms with van der Waals surface area (Å²) in [4.78, 5) is 0. The van der Waals surface area contributed by atoms with Gasteiger partial charge in [-0.2, -0.15) is 17.0 Å². The van der Waals surface area contributed by atoms with E-state index in [1.54, 1.807) is 18.4 Å². The van der Waals surface area contributed by atoms with Gasteiger partial charge in [0.25, 0.3) is 10.2 Å². The minimum Gasteiger partial charge on any atom is -0.330 e. The number of benzene rings is 1. The Morgan fingerprint density at radius 1 is 1.20 bits per heavy atom. The van der Waals surface area contributed by atoms with Crippen molar-refractivity contribution in [2.75, 3.05) is 33.7 Å². The van der Waals surface area contributed by atoms with E-state index < -0.39 is 10.2 Å². The molecule has 0 bridgehead atoms. The SMILES string of the molecule is CN(C)S(=O)(=O)N1CCC(CN)(c2ccccc2)CC1. The first kappa shape index (κ1) is 15.4. The highest BCUT2D eigenvalue weighted by Gasteiger charge is 2.38. The van der Waals surface area contributed by atoms with Crippen molar-refractivity contribution < 1.29 is 8.42 Å². The number of nitrogens with zero attached hydrogens (tertiary/aromatic N) is 2. The molecule has 2 rings (SSSR count). The van der Waals surface area contributed by atoms with Crippen LogP contribution < -0.4 is 5.73 Å². The predicted molar refractivity (Wildman–Crippen MR) is 80.6 cm³/mol. The maximum absolute atomic E-state index is 12.1. The second-order valence-electron chi connectivity index (χ2n) is 5.54. The smallest absolute Gasteiger partial charge is 0.281 e. The molecular weight excluding hydrogens is 274 g/mol. The Bertz CT molecular complexity index is 535. The third kappa shape index (κ3) is 2.74. The highest BCUT2D eigenvalue weighted by Crippen LogP contribution is 2.35. The van der Waals surface area contributed by atoms with Crippen molar-refractivity contribution in [3.63, 3.8) is 0 Å². The molecule has 0 aliphatic carbocycles. The lowest BCUT2D eigenvalue weighted by Crippen LogP contribution is -2.51. The fourth-order valence-electron chi connectivity index (χ4n) is 2.78. The number of hydrogen-bond donors (Lipinski definition) is 1. The lowest BCUT2D eigenvalue weighted by atomic mass is 9.73. The molecular formula is C14H23N3O2S. The first-order valence-electron chi connectivity index (χ1n) is 6.85. The highest BCUT2D eigenvalue weighted by atomic mass is 32.2. The molecule has 2 N–H and O–H groups in total. The predicted octanol–water partition coefficient (Wildman–Crippen LogP) is 0.785. The van der Waals surface area contributed by atoms with Crippen molar-refractivity contribution in [3.05, 3.63) is 35.9 Å². The van der Waals surface area contributed by atoms with E-state index in [1.165, 1.54) is 9.87 Å². The van der Waals surface area contributed by atoms with E-state index in [9.17, 15) is 8.42 Å². The third-order valence-corrected chi connectivity index (χ3v) is 6.18. The second kappa shape index (κ2) is 5.81. The van der Waals surface area contributed by atoms with E-state index in [1.807, 2.05) is 18.2 Å². The Morgan fingerprint density at radius 3 is 2.20 bits per heavy atom. The lowest BCUT2D eigenvalue weighted by molar-refractivity contribution is 0.230. The van der Waals surface area contributed by atoms with Crippen molar-refractivity contribution >= 4 is 10.2 Å². The van der Waals surface area contributed by atoms with Crippen LogP contribution in [-0.2, 0) is 15.6 Å². The Kier molecular flexibility index (Phi) is 4.49. The Hall–Kier alpha value is -0.950. The maximum Gasteiger partial charge on any atom is 0.281 e. The number of nitrogens with two attached hydrogens (primary N) is 1. The van der Waals surface area contributed by atoms with Gasteiger partial charge >= 0.3 is 0 Å². The molecule has 0 spiro atoms. The van der Waals surface area contributed by atoms with Gasteiger partial charge in [-0.3, -0.25) is 0 Å². The summed E-state index contributed by atoms with van der Waals surface area (Å²) in [6.45, 7) is 1.59. The summed E-state index contributed by atoms with van der Waals surface area (Å²) < 4.78 is 27.1. The van der Waals surface area contributed by atoms with Crippen molar-refractivity contribution in [2.24, 2.45) is 5.73 Å². The summed E-state index contributed by atoms with van der Waals surface area (Å²) in [5.74, 6) is 0.